The van der Waals surface area contributed by atoms with Crippen LogP contribution < -0.4 is 10.1 Å². The van der Waals surface area contributed by atoms with Crippen molar-refractivity contribution in [1.82, 2.24) is 15.2 Å². The molecular formula is C20H20N4OS. The van der Waals surface area contributed by atoms with Crippen LogP contribution in [0.2, 0.25) is 0 Å². The molecule has 6 heteroatoms. The Morgan fingerprint density at radius 1 is 1.04 bits per heavy atom. The summed E-state index contributed by atoms with van der Waals surface area (Å²) < 4.78 is 6.33. The molecule has 1 aliphatic heterocycles. The van der Waals surface area contributed by atoms with E-state index in [0.717, 1.165) is 16.8 Å². The Hall–Kier alpha value is -2.60. The molecule has 1 atom stereocenters. The van der Waals surface area contributed by atoms with E-state index in [9.17, 15) is 0 Å². The number of thioether (sulfide) groups is 1. The average molecular weight is 364 g/mol. The number of benzene rings is 2. The molecule has 5 nitrogen and oxygen atoms in total. The van der Waals surface area contributed by atoms with E-state index in [1.54, 1.807) is 0 Å². The molecule has 0 saturated carbocycles. The largest absolute Gasteiger partial charge is 0.448 e. The summed E-state index contributed by atoms with van der Waals surface area (Å²) in [5, 5.41) is 12.7. The van der Waals surface area contributed by atoms with Gasteiger partial charge in [-0.1, -0.05) is 47.7 Å². The fourth-order valence-electron chi connectivity index (χ4n) is 3.47. The Balaban J connectivity index is 1.90. The van der Waals surface area contributed by atoms with E-state index in [2.05, 4.69) is 53.4 Å². The Kier molecular flexibility index (Phi) is 4.28. The lowest BCUT2D eigenvalue weighted by molar-refractivity contribution is 0.224. The number of ether oxygens (including phenoxy) is 1. The fourth-order valence-corrected chi connectivity index (χ4v) is 3.77. The highest BCUT2D eigenvalue weighted by Gasteiger charge is 2.27. The SMILES string of the molecule is CSc1nnc2c(n1)O[C@@H](c1c(C)cc(C)cc1C)Nc1ccccc1-2. The standard InChI is InChI=1S/C20H20N4OS/c1-11-9-12(2)16(13(3)10-11)18-21-15-8-6-5-7-14(15)17-19(25-18)22-20(26-4)24-23-17/h5-10,18,21H,1-4H3/t18-/m0/s1. The number of fused-ring (bicyclic) bond motifs is 3. The average Bonchev–Trinajstić information content (AvgIpc) is 2.76. The third-order valence-corrected chi connectivity index (χ3v) is 5.05. The van der Waals surface area contributed by atoms with Gasteiger partial charge in [0.2, 0.25) is 11.0 Å². The lowest BCUT2D eigenvalue weighted by Gasteiger charge is -2.23. The second-order valence-corrected chi connectivity index (χ2v) is 7.23. The topological polar surface area (TPSA) is 59.9 Å². The predicted molar refractivity (Wildman–Crippen MR) is 105 cm³/mol. The van der Waals surface area contributed by atoms with Crippen LogP contribution in [0.15, 0.2) is 41.6 Å². The van der Waals surface area contributed by atoms with Gasteiger partial charge in [0.15, 0.2) is 11.9 Å². The smallest absolute Gasteiger partial charge is 0.247 e. The van der Waals surface area contributed by atoms with Crippen molar-refractivity contribution >= 4 is 17.4 Å². The molecule has 1 N–H and O–H groups in total. The zero-order chi connectivity index (χ0) is 18.3. The van der Waals surface area contributed by atoms with Crippen molar-refractivity contribution in [2.75, 3.05) is 11.6 Å². The monoisotopic (exact) mass is 364 g/mol. The maximum absolute atomic E-state index is 6.33. The molecule has 0 unspecified atom stereocenters. The van der Waals surface area contributed by atoms with E-state index in [-0.39, 0.29) is 6.23 Å². The minimum absolute atomic E-state index is 0.343. The van der Waals surface area contributed by atoms with Crippen molar-refractivity contribution in [3.8, 4) is 17.1 Å². The first-order chi connectivity index (χ1) is 12.6. The third kappa shape index (κ3) is 2.90. The number of nitrogens with one attached hydrogen (secondary N) is 1. The Morgan fingerprint density at radius 3 is 2.50 bits per heavy atom. The van der Waals surface area contributed by atoms with Gasteiger partial charge in [0.1, 0.15) is 0 Å². The van der Waals surface area contributed by atoms with E-state index in [0.29, 0.717) is 16.7 Å². The van der Waals surface area contributed by atoms with Crippen LogP contribution in [-0.2, 0) is 0 Å². The summed E-state index contributed by atoms with van der Waals surface area (Å²) in [4.78, 5) is 4.57. The molecule has 3 aromatic rings. The summed E-state index contributed by atoms with van der Waals surface area (Å²) in [6.45, 7) is 6.34. The number of hydrogen-bond donors (Lipinski definition) is 1. The summed E-state index contributed by atoms with van der Waals surface area (Å²) in [6.07, 6.45) is 1.59. The molecule has 132 valence electrons. The molecule has 0 amide bonds. The minimum atomic E-state index is -0.343. The summed E-state index contributed by atoms with van der Waals surface area (Å²) in [7, 11) is 0. The first-order valence-electron chi connectivity index (χ1n) is 8.46. The lowest BCUT2D eigenvalue weighted by atomic mass is 9.98. The van der Waals surface area contributed by atoms with Crippen molar-refractivity contribution < 1.29 is 4.74 Å². The van der Waals surface area contributed by atoms with Crippen molar-refractivity contribution in [3.63, 3.8) is 0 Å². The van der Waals surface area contributed by atoms with Gasteiger partial charge in [-0.05, 0) is 44.2 Å². The maximum Gasteiger partial charge on any atom is 0.247 e. The van der Waals surface area contributed by atoms with Gasteiger partial charge in [-0.15, -0.1) is 10.2 Å². The van der Waals surface area contributed by atoms with Crippen LogP contribution in [0.4, 0.5) is 5.69 Å². The van der Waals surface area contributed by atoms with Gasteiger partial charge in [-0.3, -0.25) is 0 Å². The molecule has 1 aliphatic rings. The normalized spacial score (nSPS) is 15.3. The molecule has 2 heterocycles. The molecule has 0 aliphatic carbocycles. The van der Waals surface area contributed by atoms with Crippen molar-refractivity contribution in [2.24, 2.45) is 0 Å². The van der Waals surface area contributed by atoms with Crippen LogP contribution in [0.1, 0.15) is 28.5 Å². The highest BCUT2D eigenvalue weighted by atomic mass is 32.2. The van der Waals surface area contributed by atoms with Crippen LogP contribution in [-0.4, -0.2) is 21.4 Å². The number of anilines is 1. The van der Waals surface area contributed by atoms with E-state index in [1.165, 1.54) is 28.5 Å². The number of nitrogens with zero attached hydrogens (tertiary/aromatic N) is 3. The quantitative estimate of drug-likeness (QED) is 0.666. The molecule has 0 spiro atoms. The van der Waals surface area contributed by atoms with Gasteiger partial charge in [-0.2, -0.15) is 4.98 Å². The summed E-state index contributed by atoms with van der Waals surface area (Å²) >= 11 is 1.45. The molecular weight excluding hydrogens is 344 g/mol. The van der Waals surface area contributed by atoms with Crippen molar-refractivity contribution in [2.45, 2.75) is 32.2 Å². The zero-order valence-electron chi connectivity index (χ0n) is 15.2. The summed E-state index contributed by atoms with van der Waals surface area (Å²) in [5.41, 5.74) is 7.31. The molecule has 1 aromatic heterocycles. The van der Waals surface area contributed by atoms with Gasteiger partial charge in [0.25, 0.3) is 0 Å². The molecule has 2 aromatic carbocycles. The van der Waals surface area contributed by atoms with Gasteiger partial charge in [0, 0.05) is 16.8 Å². The van der Waals surface area contributed by atoms with E-state index >= 15 is 0 Å². The minimum Gasteiger partial charge on any atom is -0.448 e. The van der Waals surface area contributed by atoms with E-state index in [1.807, 2.05) is 30.5 Å². The Bertz CT molecular complexity index is 966. The molecule has 0 bridgehead atoms. The number of aryl methyl sites for hydroxylation is 3. The van der Waals surface area contributed by atoms with Crippen LogP contribution in [0, 0.1) is 20.8 Å². The first-order valence-corrected chi connectivity index (χ1v) is 9.68. The first kappa shape index (κ1) is 16.8. The Labute approximate surface area is 157 Å². The number of rotatable bonds is 2. The van der Waals surface area contributed by atoms with Crippen LogP contribution in [0.25, 0.3) is 11.3 Å². The van der Waals surface area contributed by atoms with Gasteiger partial charge >= 0.3 is 0 Å². The van der Waals surface area contributed by atoms with Crippen LogP contribution in [0.3, 0.4) is 0 Å². The van der Waals surface area contributed by atoms with E-state index in [4.69, 9.17) is 4.74 Å². The third-order valence-electron chi connectivity index (χ3n) is 4.52. The van der Waals surface area contributed by atoms with Crippen molar-refractivity contribution in [1.29, 1.82) is 0 Å². The predicted octanol–water partition coefficient (Wildman–Crippen LogP) is 4.69. The molecule has 4 rings (SSSR count). The summed E-state index contributed by atoms with van der Waals surface area (Å²) in [6, 6.07) is 12.4. The van der Waals surface area contributed by atoms with Crippen LogP contribution >= 0.6 is 11.8 Å². The second-order valence-electron chi connectivity index (χ2n) is 6.45. The highest BCUT2D eigenvalue weighted by Crippen LogP contribution is 2.40. The zero-order valence-corrected chi connectivity index (χ0v) is 16.0. The maximum atomic E-state index is 6.33. The van der Waals surface area contributed by atoms with Crippen LogP contribution in [0.5, 0.6) is 5.88 Å². The number of aromatic nitrogens is 3. The van der Waals surface area contributed by atoms with Gasteiger partial charge in [-0.25, -0.2) is 0 Å². The lowest BCUT2D eigenvalue weighted by Crippen LogP contribution is -2.19. The highest BCUT2D eigenvalue weighted by molar-refractivity contribution is 7.98. The molecule has 26 heavy (non-hydrogen) atoms. The summed E-state index contributed by atoms with van der Waals surface area (Å²) in [5.74, 6) is 0.506. The second kappa shape index (κ2) is 6.61. The van der Waals surface area contributed by atoms with Gasteiger partial charge in [0.05, 0.1) is 0 Å². The number of para-hydroxylation sites is 1. The molecule has 0 fully saturated rings. The van der Waals surface area contributed by atoms with E-state index < -0.39 is 0 Å². The Morgan fingerprint density at radius 2 is 1.77 bits per heavy atom. The molecule has 0 saturated heterocycles. The van der Waals surface area contributed by atoms with Gasteiger partial charge < -0.3 is 10.1 Å². The fraction of sp³-hybridized carbons (Fsp3) is 0.250. The van der Waals surface area contributed by atoms with Crippen molar-refractivity contribution in [3.05, 3.63) is 58.7 Å². The number of hydrogen-bond acceptors (Lipinski definition) is 6. The molecule has 0 radical (unpaired) electrons.